The molecule has 1 spiro atoms. The Morgan fingerprint density at radius 1 is 1.05 bits per heavy atom. The molecule has 4 heterocycles. The van der Waals surface area contributed by atoms with E-state index in [1.165, 1.54) is 0 Å². The number of benzene rings is 3. The number of aliphatic hydroxyl groups excluding tert-OH is 5. The molecule has 1 unspecified atom stereocenters. The molecule has 7 rings (SSSR count). The van der Waals surface area contributed by atoms with Crippen molar-refractivity contribution < 1.29 is 49.3 Å². The number of rotatable bonds is 13. The summed E-state index contributed by atoms with van der Waals surface area (Å²) in [6.07, 6.45) is -5.50. The number of carbonyl (C=O) groups excluding carboxylic acids is 2. The second kappa shape index (κ2) is 16.5. The minimum absolute atomic E-state index is 0.114. The summed E-state index contributed by atoms with van der Waals surface area (Å²) in [5.41, 5.74) is 1.39. The van der Waals surface area contributed by atoms with Gasteiger partial charge in [0.05, 0.1) is 45.2 Å². The van der Waals surface area contributed by atoms with E-state index >= 15 is 0 Å². The third kappa shape index (κ3) is 7.17. The monoisotopic (exact) mass is 813 g/mol. The third-order valence-corrected chi connectivity index (χ3v) is 16.6. The Bertz CT molecular complexity index is 2120. The van der Waals surface area contributed by atoms with Gasteiger partial charge in [0.15, 0.2) is 18.0 Å². The molecule has 16 heteroatoms. The van der Waals surface area contributed by atoms with Gasteiger partial charge in [0, 0.05) is 36.5 Å². The summed E-state index contributed by atoms with van der Waals surface area (Å²) in [5.74, 6) is -1.11. The molecular formula is C42H51N5O10Si. The third-order valence-electron chi connectivity index (χ3n) is 12.2. The number of hydrogen-bond acceptors (Lipinski definition) is 12. The summed E-state index contributed by atoms with van der Waals surface area (Å²) in [5, 5.41) is 63.7. The van der Waals surface area contributed by atoms with E-state index in [4.69, 9.17) is 14.2 Å². The summed E-state index contributed by atoms with van der Waals surface area (Å²) >= 11 is 0. The van der Waals surface area contributed by atoms with E-state index in [-0.39, 0.29) is 42.1 Å². The molecule has 4 aromatic rings. The molecule has 0 bridgehead atoms. The minimum atomic E-state index is -2.51. The van der Waals surface area contributed by atoms with Crippen LogP contribution in [0.3, 0.4) is 0 Å². The van der Waals surface area contributed by atoms with Gasteiger partial charge in [0.2, 0.25) is 0 Å². The zero-order valence-corrected chi connectivity index (χ0v) is 33.9. The molecule has 3 aliphatic rings. The van der Waals surface area contributed by atoms with Gasteiger partial charge in [-0.25, -0.2) is 0 Å². The molecule has 2 saturated heterocycles. The van der Waals surface area contributed by atoms with Crippen molar-refractivity contribution in [3.05, 3.63) is 108 Å². The van der Waals surface area contributed by atoms with E-state index in [0.29, 0.717) is 29.9 Å². The molecule has 6 N–H and O–H groups in total. The SMILES string of the molecule is C=CCN1C(=O)[C@]2(O[C@H](CCn3cc(C(CO)c4ccccc4)nn3)[C@@H]([Si](C)(C)c3ccc(OC)cc3)[C@@H]2C)c2cc(NC(=O)[C@H]3O[C@@H](O)[C@H](O)[C@@H](O)[C@@H]3O)ccc21. The topological polar surface area (TPSA) is 209 Å². The van der Waals surface area contributed by atoms with Crippen LogP contribution in [0.25, 0.3) is 0 Å². The summed E-state index contributed by atoms with van der Waals surface area (Å²) in [7, 11) is -0.891. The highest BCUT2D eigenvalue weighted by atomic mass is 28.3. The fraction of sp³-hybridized carbons (Fsp3) is 0.429. The molecule has 308 valence electrons. The Morgan fingerprint density at radius 3 is 2.45 bits per heavy atom. The first-order valence-corrected chi connectivity index (χ1v) is 22.5. The number of aliphatic hydroxyl groups is 5. The number of anilines is 2. The van der Waals surface area contributed by atoms with Gasteiger partial charge in [-0.3, -0.25) is 14.3 Å². The largest absolute Gasteiger partial charge is 0.497 e. The molecule has 0 radical (unpaired) electrons. The Kier molecular flexibility index (Phi) is 11.7. The molecule has 10 atom stereocenters. The quantitative estimate of drug-likeness (QED) is 0.0847. The molecular weight excluding hydrogens is 763 g/mol. The lowest BCUT2D eigenvalue weighted by Gasteiger charge is -2.37. The summed E-state index contributed by atoms with van der Waals surface area (Å²) < 4.78 is 19.6. The second-order valence-electron chi connectivity index (χ2n) is 15.8. The molecule has 2 amide bonds. The fourth-order valence-corrected chi connectivity index (χ4v) is 13.2. The molecule has 1 aromatic heterocycles. The lowest BCUT2D eigenvalue weighted by Crippen LogP contribution is -2.60. The number of amides is 2. The average Bonchev–Trinajstić information content (AvgIpc) is 3.88. The van der Waals surface area contributed by atoms with E-state index in [9.17, 15) is 35.1 Å². The molecule has 2 fully saturated rings. The standard InChI is InChI=1S/C42H51N5O10Si/c1-6-19-47-32-17-12-26(43-39(52)37-35(50)34(49)36(51)40(53)56-37)21-30(32)42(41(47)54)24(2)38(58(4,5)28-15-13-27(55-3)14-16-28)33(57-42)18-20-46-22-31(44-45-46)29(23-48)25-10-8-7-9-11-25/h6-17,21-22,24,29,33-38,40,48-51,53H,1,18-20,23H2,2-5H3,(H,43,52)/t24-,29?,33+,34-,35-,36+,37-,38-,40+,42+/m0/s1. The number of aryl methyl sites for hydroxylation is 1. The summed E-state index contributed by atoms with van der Waals surface area (Å²) in [4.78, 5) is 30.0. The second-order valence-corrected chi connectivity index (χ2v) is 20.5. The van der Waals surface area contributed by atoms with Gasteiger partial charge in [0.25, 0.3) is 11.8 Å². The molecule has 58 heavy (non-hydrogen) atoms. The average molecular weight is 814 g/mol. The van der Waals surface area contributed by atoms with E-state index < -0.39 is 56.4 Å². The number of nitrogens with one attached hydrogen (secondary N) is 1. The van der Waals surface area contributed by atoms with Gasteiger partial charge in [-0.15, -0.1) is 11.7 Å². The van der Waals surface area contributed by atoms with Gasteiger partial charge < -0.3 is 50.0 Å². The number of aromatic nitrogens is 3. The van der Waals surface area contributed by atoms with E-state index in [1.807, 2.05) is 55.6 Å². The summed E-state index contributed by atoms with van der Waals surface area (Å²) in [6, 6.07) is 22.7. The molecule has 3 aliphatic heterocycles. The van der Waals surface area contributed by atoms with Crippen LogP contribution in [-0.4, -0.2) is 117 Å². The molecule has 0 aliphatic carbocycles. The van der Waals surface area contributed by atoms with E-state index in [0.717, 1.165) is 16.5 Å². The van der Waals surface area contributed by atoms with Crippen LogP contribution in [0.1, 0.15) is 36.1 Å². The van der Waals surface area contributed by atoms with Gasteiger partial charge in [-0.05, 0) is 47.9 Å². The van der Waals surface area contributed by atoms with Crippen LogP contribution in [0.4, 0.5) is 11.4 Å². The molecule has 0 saturated carbocycles. The highest BCUT2D eigenvalue weighted by Gasteiger charge is 2.66. The minimum Gasteiger partial charge on any atom is -0.497 e. The van der Waals surface area contributed by atoms with Crippen LogP contribution in [0.2, 0.25) is 18.6 Å². The van der Waals surface area contributed by atoms with Crippen molar-refractivity contribution in [2.24, 2.45) is 5.92 Å². The highest BCUT2D eigenvalue weighted by molar-refractivity contribution is 6.91. The predicted molar refractivity (Wildman–Crippen MR) is 216 cm³/mol. The number of carbonyl (C=O) groups is 2. The van der Waals surface area contributed by atoms with Gasteiger partial charge in [0.1, 0.15) is 24.1 Å². The van der Waals surface area contributed by atoms with E-state index in [2.05, 4.69) is 47.4 Å². The van der Waals surface area contributed by atoms with Crippen LogP contribution in [0.15, 0.2) is 91.6 Å². The zero-order valence-electron chi connectivity index (χ0n) is 32.9. The Morgan fingerprint density at radius 2 is 1.78 bits per heavy atom. The van der Waals surface area contributed by atoms with Crippen molar-refractivity contribution in [1.29, 1.82) is 0 Å². The number of nitrogens with zero attached hydrogens (tertiary/aromatic N) is 4. The number of fused-ring (bicyclic) bond motifs is 2. The van der Waals surface area contributed by atoms with Crippen LogP contribution in [0, 0.1) is 5.92 Å². The predicted octanol–water partition coefficient (Wildman–Crippen LogP) is 1.99. The lowest BCUT2D eigenvalue weighted by atomic mass is 9.82. The highest BCUT2D eigenvalue weighted by Crippen LogP contribution is 2.60. The van der Waals surface area contributed by atoms with Crippen molar-refractivity contribution in [2.45, 2.75) is 86.9 Å². The number of methoxy groups -OCH3 is 1. The lowest BCUT2D eigenvalue weighted by molar-refractivity contribution is -0.274. The molecule has 3 aromatic carbocycles. The van der Waals surface area contributed by atoms with Gasteiger partial charge in [-0.1, -0.05) is 79.0 Å². The van der Waals surface area contributed by atoms with Crippen molar-refractivity contribution in [3.8, 4) is 5.75 Å². The maximum atomic E-state index is 15.0. The van der Waals surface area contributed by atoms with Crippen molar-refractivity contribution in [1.82, 2.24) is 15.0 Å². The van der Waals surface area contributed by atoms with E-state index in [1.54, 1.807) is 41.0 Å². The molecule has 15 nitrogen and oxygen atoms in total. The van der Waals surface area contributed by atoms with Gasteiger partial charge >= 0.3 is 0 Å². The summed E-state index contributed by atoms with van der Waals surface area (Å²) in [6.45, 7) is 11.0. The van der Waals surface area contributed by atoms with Crippen molar-refractivity contribution >= 4 is 36.4 Å². The van der Waals surface area contributed by atoms with Crippen molar-refractivity contribution in [2.75, 3.05) is 30.5 Å². The Balaban J connectivity index is 1.25. The number of hydrogen-bond donors (Lipinski definition) is 6. The fourth-order valence-electron chi connectivity index (χ4n) is 9.16. The first-order valence-electron chi connectivity index (χ1n) is 19.4. The Hall–Kier alpha value is -4.78. The zero-order chi connectivity index (χ0) is 41.5. The number of ether oxygens (including phenoxy) is 3. The Labute approximate surface area is 337 Å². The first kappa shape index (κ1) is 41.4. The van der Waals surface area contributed by atoms with Crippen LogP contribution < -0.4 is 20.1 Å². The smallest absolute Gasteiger partial charge is 0.264 e. The van der Waals surface area contributed by atoms with Crippen molar-refractivity contribution in [3.63, 3.8) is 0 Å². The maximum Gasteiger partial charge on any atom is 0.264 e. The van der Waals surface area contributed by atoms with Crippen LogP contribution in [0.5, 0.6) is 5.75 Å². The van der Waals surface area contributed by atoms with Gasteiger partial charge in [-0.2, -0.15) is 0 Å². The van der Waals surface area contributed by atoms with Crippen LogP contribution >= 0.6 is 0 Å². The first-order chi connectivity index (χ1) is 27.8. The maximum absolute atomic E-state index is 15.0. The van der Waals surface area contributed by atoms with Crippen LogP contribution in [-0.2, 0) is 31.2 Å². The normalized spacial score (nSPS) is 28.7.